The SMILES string of the molecule is COC(=O)C(CC(C)C)CP(=O)(O)C(CC1CCCCC1)NC(=O)OCc1ccccc1. The van der Waals surface area contributed by atoms with E-state index in [1.54, 1.807) is 0 Å². The lowest BCUT2D eigenvalue weighted by atomic mass is 9.87. The summed E-state index contributed by atoms with van der Waals surface area (Å²) in [7, 11) is -2.62. The van der Waals surface area contributed by atoms with Crippen LogP contribution in [0.4, 0.5) is 4.79 Å². The number of hydrogen-bond acceptors (Lipinski definition) is 5. The number of esters is 1. The van der Waals surface area contributed by atoms with E-state index in [2.05, 4.69) is 5.32 Å². The van der Waals surface area contributed by atoms with Gasteiger partial charge in [-0.25, -0.2) is 4.79 Å². The van der Waals surface area contributed by atoms with E-state index in [4.69, 9.17) is 9.47 Å². The molecule has 8 heteroatoms. The van der Waals surface area contributed by atoms with Gasteiger partial charge in [-0.2, -0.15) is 0 Å². The van der Waals surface area contributed by atoms with Gasteiger partial charge in [0.25, 0.3) is 0 Å². The number of methoxy groups -OCH3 is 1. The van der Waals surface area contributed by atoms with Gasteiger partial charge in [0.2, 0.25) is 7.37 Å². The summed E-state index contributed by atoms with van der Waals surface area (Å²) in [6.07, 6.45) is 5.22. The second-order valence-electron chi connectivity index (χ2n) is 9.25. The van der Waals surface area contributed by atoms with Gasteiger partial charge in [-0.1, -0.05) is 76.3 Å². The molecule has 1 saturated carbocycles. The van der Waals surface area contributed by atoms with E-state index in [9.17, 15) is 19.0 Å². The van der Waals surface area contributed by atoms with Gasteiger partial charge in [0.15, 0.2) is 0 Å². The van der Waals surface area contributed by atoms with Crippen LogP contribution in [0.5, 0.6) is 0 Å². The van der Waals surface area contributed by atoms with Crippen LogP contribution in [0.25, 0.3) is 0 Å². The third-order valence-corrected chi connectivity index (χ3v) is 8.32. The largest absolute Gasteiger partial charge is 0.469 e. The fraction of sp³-hybridized carbons (Fsp3) is 0.667. The van der Waals surface area contributed by atoms with Gasteiger partial charge in [-0.3, -0.25) is 9.36 Å². The average Bonchev–Trinajstić information content (AvgIpc) is 2.77. The average molecular weight is 468 g/mol. The maximum absolute atomic E-state index is 13.5. The van der Waals surface area contributed by atoms with Crippen LogP contribution in [0, 0.1) is 17.8 Å². The second-order valence-corrected chi connectivity index (χ2v) is 11.7. The maximum Gasteiger partial charge on any atom is 0.408 e. The zero-order chi connectivity index (χ0) is 23.6. The predicted octanol–water partition coefficient (Wildman–Crippen LogP) is 5.32. The summed E-state index contributed by atoms with van der Waals surface area (Å²) < 4.78 is 23.7. The Morgan fingerprint density at radius 1 is 1.16 bits per heavy atom. The van der Waals surface area contributed by atoms with Crippen molar-refractivity contribution in [1.29, 1.82) is 0 Å². The van der Waals surface area contributed by atoms with Gasteiger partial charge in [-0.15, -0.1) is 0 Å². The summed E-state index contributed by atoms with van der Waals surface area (Å²) in [5.74, 6) is -1.69. The molecule has 2 N–H and O–H groups in total. The van der Waals surface area contributed by atoms with Crippen LogP contribution < -0.4 is 5.32 Å². The Kier molecular flexibility index (Phi) is 10.7. The normalized spacial score (nSPS) is 18.4. The third kappa shape index (κ3) is 8.95. The number of benzene rings is 1. The Hall–Kier alpha value is -1.85. The zero-order valence-corrected chi connectivity index (χ0v) is 20.4. The van der Waals surface area contributed by atoms with E-state index in [0.29, 0.717) is 12.8 Å². The Morgan fingerprint density at radius 3 is 2.41 bits per heavy atom. The quantitative estimate of drug-likeness (QED) is 0.338. The number of amides is 1. The van der Waals surface area contributed by atoms with E-state index in [0.717, 1.165) is 31.2 Å². The number of rotatable bonds is 11. The van der Waals surface area contributed by atoms with E-state index < -0.39 is 31.1 Å². The van der Waals surface area contributed by atoms with Crippen molar-refractivity contribution in [3.05, 3.63) is 35.9 Å². The molecule has 3 unspecified atom stereocenters. The summed E-state index contributed by atoms with van der Waals surface area (Å²) in [4.78, 5) is 35.8. The second kappa shape index (κ2) is 13.0. The van der Waals surface area contributed by atoms with Crippen LogP contribution in [0.3, 0.4) is 0 Å². The van der Waals surface area contributed by atoms with Gasteiger partial charge in [0.05, 0.1) is 13.0 Å². The first kappa shape index (κ1) is 26.4. The molecule has 0 bridgehead atoms. The Morgan fingerprint density at radius 2 is 1.81 bits per heavy atom. The van der Waals surface area contributed by atoms with Crippen LogP contribution in [0.2, 0.25) is 0 Å². The number of carbonyl (C=O) groups excluding carboxylic acids is 2. The Labute approximate surface area is 191 Å². The highest BCUT2D eigenvalue weighted by molar-refractivity contribution is 7.58. The molecule has 0 saturated heterocycles. The predicted molar refractivity (Wildman–Crippen MR) is 124 cm³/mol. The van der Waals surface area contributed by atoms with Crippen molar-refractivity contribution in [3.63, 3.8) is 0 Å². The molecule has 1 aliphatic rings. The first-order valence-electron chi connectivity index (χ1n) is 11.6. The molecule has 0 aliphatic heterocycles. The van der Waals surface area contributed by atoms with Crippen molar-refractivity contribution in [2.75, 3.05) is 13.3 Å². The summed E-state index contributed by atoms with van der Waals surface area (Å²) >= 11 is 0. The molecule has 0 radical (unpaired) electrons. The van der Waals surface area contributed by atoms with Crippen LogP contribution in [0.1, 0.15) is 64.4 Å². The molecular formula is C24H38NO6P. The molecule has 1 amide bonds. The van der Waals surface area contributed by atoms with Gasteiger partial charge in [0.1, 0.15) is 12.4 Å². The number of hydrogen-bond donors (Lipinski definition) is 2. The number of alkyl carbamates (subject to hydrolysis) is 1. The van der Waals surface area contributed by atoms with Gasteiger partial charge in [-0.05, 0) is 30.2 Å². The lowest BCUT2D eigenvalue weighted by molar-refractivity contribution is -0.145. The molecule has 0 spiro atoms. The fourth-order valence-electron chi connectivity index (χ4n) is 4.39. The molecule has 1 aromatic carbocycles. The zero-order valence-electron chi connectivity index (χ0n) is 19.5. The first-order valence-corrected chi connectivity index (χ1v) is 13.5. The lowest BCUT2D eigenvalue weighted by Crippen LogP contribution is -2.38. The molecule has 0 heterocycles. The lowest BCUT2D eigenvalue weighted by Gasteiger charge is -2.31. The number of ether oxygens (including phenoxy) is 2. The molecule has 1 fully saturated rings. The van der Waals surface area contributed by atoms with E-state index in [-0.39, 0.29) is 24.6 Å². The third-order valence-electron chi connectivity index (χ3n) is 6.04. The van der Waals surface area contributed by atoms with Gasteiger partial charge < -0.3 is 19.7 Å². The smallest absolute Gasteiger partial charge is 0.408 e. The highest BCUT2D eigenvalue weighted by Crippen LogP contribution is 2.51. The Balaban J connectivity index is 2.11. The van der Waals surface area contributed by atoms with E-state index >= 15 is 0 Å². The fourth-order valence-corrected chi connectivity index (χ4v) is 6.51. The number of carbonyl (C=O) groups is 2. The van der Waals surface area contributed by atoms with Crippen LogP contribution >= 0.6 is 7.37 Å². The van der Waals surface area contributed by atoms with Crippen molar-refractivity contribution in [3.8, 4) is 0 Å². The van der Waals surface area contributed by atoms with Gasteiger partial charge in [0, 0.05) is 6.16 Å². The minimum absolute atomic E-state index is 0.0800. The molecule has 0 aromatic heterocycles. The molecule has 1 aromatic rings. The van der Waals surface area contributed by atoms with E-state index in [1.807, 2.05) is 44.2 Å². The maximum atomic E-state index is 13.5. The van der Waals surface area contributed by atoms with Crippen LogP contribution in [-0.4, -0.2) is 36.0 Å². The van der Waals surface area contributed by atoms with Gasteiger partial charge >= 0.3 is 12.1 Å². The number of nitrogens with one attached hydrogen (secondary N) is 1. The monoisotopic (exact) mass is 467 g/mol. The molecule has 2 rings (SSSR count). The summed E-state index contributed by atoms with van der Waals surface area (Å²) in [5, 5.41) is 2.66. The molecule has 3 atom stereocenters. The summed E-state index contributed by atoms with van der Waals surface area (Å²) in [6, 6.07) is 9.27. The first-order chi connectivity index (χ1) is 15.2. The molecule has 7 nitrogen and oxygen atoms in total. The highest BCUT2D eigenvalue weighted by Gasteiger charge is 2.39. The van der Waals surface area contributed by atoms with Crippen molar-refractivity contribution >= 4 is 19.4 Å². The van der Waals surface area contributed by atoms with Crippen molar-refractivity contribution in [2.24, 2.45) is 17.8 Å². The van der Waals surface area contributed by atoms with Crippen molar-refractivity contribution in [1.82, 2.24) is 5.32 Å². The van der Waals surface area contributed by atoms with E-state index in [1.165, 1.54) is 13.5 Å². The van der Waals surface area contributed by atoms with Crippen LogP contribution in [0.15, 0.2) is 30.3 Å². The highest BCUT2D eigenvalue weighted by atomic mass is 31.2. The summed E-state index contributed by atoms with van der Waals surface area (Å²) in [6.45, 7) is 3.99. The topological polar surface area (TPSA) is 102 Å². The Bertz CT molecular complexity index is 763. The molecule has 32 heavy (non-hydrogen) atoms. The standard InChI is InChI=1S/C24H38NO6P/c1-18(2)14-21(23(26)30-3)17-32(28,29)22(15-19-10-6-4-7-11-19)25-24(27)31-16-20-12-8-5-9-13-20/h5,8-9,12-13,18-19,21-22H,4,6-7,10-11,14-17H2,1-3H3,(H,25,27)(H,28,29). The van der Waals surface area contributed by atoms with Crippen molar-refractivity contribution < 1.29 is 28.5 Å². The molecular weight excluding hydrogens is 429 g/mol. The van der Waals surface area contributed by atoms with Crippen molar-refractivity contribution in [2.45, 2.75) is 71.2 Å². The minimum atomic E-state index is -3.91. The minimum Gasteiger partial charge on any atom is -0.469 e. The molecule has 180 valence electrons. The van der Waals surface area contributed by atoms with Crippen LogP contribution in [-0.2, 0) is 25.4 Å². The molecule has 1 aliphatic carbocycles. The summed E-state index contributed by atoms with van der Waals surface area (Å²) in [5.41, 5.74) is 0.835.